The van der Waals surface area contributed by atoms with E-state index in [0.717, 1.165) is 44.4 Å². The monoisotopic (exact) mass is 535 g/mol. The first-order valence-electron chi connectivity index (χ1n) is 15.9. The molecule has 40 heavy (non-hydrogen) atoms. The lowest BCUT2D eigenvalue weighted by atomic mass is 9.73. The van der Waals surface area contributed by atoms with Crippen molar-refractivity contribution in [3.63, 3.8) is 0 Å². The number of piperidine rings is 1. The summed E-state index contributed by atoms with van der Waals surface area (Å²) in [7, 11) is 0. The first-order chi connectivity index (χ1) is 19.3. The maximum atomic E-state index is 4.58. The van der Waals surface area contributed by atoms with Gasteiger partial charge in [-0.2, -0.15) is 0 Å². The van der Waals surface area contributed by atoms with Crippen molar-refractivity contribution in [2.75, 3.05) is 13.1 Å². The first-order valence-corrected chi connectivity index (χ1v) is 15.9. The lowest BCUT2D eigenvalue weighted by molar-refractivity contribution is 0.372. The molecule has 2 aromatic rings. The van der Waals surface area contributed by atoms with Gasteiger partial charge in [0.2, 0.25) is 0 Å². The molecule has 1 nitrogen and oxygen atoms in total. The Balaban J connectivity index is 0.00000181. The number of rotatable bonds is 8. The third-order valence-corrected chi connectivity index (χ3v) is 9.73. The fourth-order valence-corrected chi connectivity index (χ4v) is 7.21. The molecule has 2 aromatic carbocycles. The van der Waals surface area contributed by atoms with E-state index in [0.29, 0.717) is 11.8 Å². The maximum absolute atomic E-state index is 4.58. The van der Waals surface area contributed by atoms with Gasteiger partial charge in [0.25, 0.3) is 0 Å². The molecule has 3 aliphatic rings. The van der Waals surface area contributed by atoms with E-state index in [4.69, 9.17) is 0 Å². The fourth-order valence-electron chi connectivity index (χ4n) is 7.21. The third kappa shape index (κ3) is 7.16. The molecule has 0 spiro atoms. The van der Waals surface area contributed by atoms with Gasteiger partial charge in [-0.3, -0.25) is 0 Å². The van der Waals surface area contributed by atoms with Crippen molar-refractivity contribution in [3.05, 3.63) is 112 Å². The molecule has 2 fully saturated rings. The van der Waals surface area contributed by atoms with Gasteiger partial charge in [-0.15, -0.1) is 0 Å². The van der Waals surface area contributed by atoms with Gasteiger partial charge in [-0.1, -0.05) is 87.2 Å². The van der Waals surface area contributed by atoms with Crippen LogP contribution in [0.1, 0.15) is 91.3 Å². The van der Waals surface area contributed by atoms with Crippen LogP contribution < -0.4 is 5.32 Å². The summed E-state index contributed by atoms with van der Waals surface area (Å²) >= 11 is 0. The number of aryl methyl sites for hydroxylation is 2. The van der Waals surface area contributed by atoms with Crippen molar-refractivity contribution in [2.45, 2.75) is 91.9 Å². The Morgan fingerprint density at radius 2 is 1.68 bits per heavy atom. The summed E-state index contributed by atoms with van der Waals surface area (Å²) in [6, 6.07) is 12.0. The smallest absolute Gasteiger partial charge is 0.00462 e. The van der Waals surface area contributed by atoms with Gasteiger partial charge in [0.1, 0.15) is 0 Å². The molecule has 2 unspecified atom stereocenters. The third-order valence-electron chi connectivity index (χ3n) is 9.73. The van der Waals surface area contributed by atoms with E-state index < -0.39 is 0 Å². The number of hydrogen-bond acceptors (Lipinski definition) is 1. The van der Waals surface area contributed by atoms with Crippen LogP contribution in [0.25, 0.3) is 5.57 Å². The van der Waals surface area contributed by atoms with Gasteiger partial charge in [0, 0.05) is 0 Å². The molecular formula is C39H53N. The molecule has 0 aromatic heterocycles. The zero-order chi connectivity index (χ0) is 28.8. The highest BCUT2D eigenvalue weighted by Gasteiger charge is 2.34. The minimum Gasteiger partial charge on any atom is -0.317 e. The second-order valence-electron chi connectivity index (χ2n) is 12.6. The van der Waals surface area contributed by atoms with Gasteiger partial charge < -0.3 is 5.32 Å². The quantitative estimate of drug-likeness (QED) is 0.332. The molecule has 1 aliphatic heterocycles. The van der Waals surface area contributed by atoms with Crippen LogP contribution in [0.3, 0.4) is 0 Å². The summed E-state index contributed by atoms with van der Waals surface area (Å²) in [6.07, 6.45) is 11.3. The first kappa shape index (κ1) is 30.3. The standard InChI is InChI=1S/C37H47N.C2H6/c1-24-8-12-35(27(4)17-24)37-23-33-11-10-30(22-36(33)29(37)6)9-7-25(2)18-32-19-26(3)28(5)34(21-32)20-31-13-15-38-16-14-31;1-2/h10-11,19,21-22,31,35,37-38H,1-2,4,6-9,12-18,20,23H2,3,5H3;1-2H3. The molecule has 0 amide bonds. The van der Waals surface area contributed by atoms with E-state index >= 15 is 0 Å². The van der Waals surface area contributed by atoms with E-state index in [2.05, 4.69) is 75.8 Å². The summed E-state index contributed by atoms with van der Waals surface area (Å²) in [5.41, 5.74) is 15.5. The Labute approximate surface area is 245 Å². The lowest BCUT2D eigenvalue weighted by Gasteiger charge is -2.31. The average Bonchev–Trinajstić information content (AvgIpc) is 3.27. The van der Waals surface area contributed by atoms with Crippen LogP contribution in [-0.4, -0.2) is 13.1 Å². The van der Waals surface area contributed by atoms with Crippen molar-refractivity contribution < 1.29 is 0 Å². The Kier molecular flexibility index (Phi) is 10.5. The van der Waals surface area contributed by atoms with E-state index in [1.807, 2.05) is 13.8 Å². The molecule has 0 radical (unpaired) electrons. The van der Waals surface area contributed by atoms with Crippen LogP contribution in [0, 0.1) is 31.6 Å². The number of allylic oxidation sites excluding steroid dienone is 4. The van der Waals surface area contributed by atoms with Crippen LogP contribution in [0.2, 0.25) is 0 Å². The van der Waals surface area contributed by atoms with E-state index in [1.165, 1.54) is 94.4 Å². The molecule has 5 rings (SSSR count). The van der Waals surface area contributed by atoms with Crippen LogP contribution >= 0.6 is 0 Å². The summed E-state index contributed by atoms with van der Waals surface area (Å²) in [5, 5.41) is 3.50. The zero-order valence-electron chi connectivity index (χ0n) is 25.9. The van der Waals surface area contributed by atoms with Gasteiger partial charge in [-0.25, -0.2) is 0 Å². The van der Waals surface area contributed by atoms with Crippen molar-refractivity contribution in [1.82, 2.24) is 5.32 Å². The highest BCUT2D eigenvalue weighted by molar-refractivity contribution is 5.74. The van der Waals surface area contributed by atoms with Crippen molar-refractivity contribution in [1.29, 1.82) is 0 Å². The van der Waals surface area contributed by atoms with Crippen LogP contribution in [0.15, 0.2) is 73.4 Å². The minimum absolute atomic E-state index is 0.514. The fraction of sp³-hybridized carbons (Fsp3) is 0.487. The SMILES string of the molecule is C=C1CCC(C2Cc3ccc(CCC(=C)Cc4cc(C)c(C)c(CC5CCNCC5)c4)cc3C2=C)C(=C)C1.CC. The molecule has 214 valence electrons. The Hall–Kier alpha value is -2.64. The van der Waals surface area contributed by atoms with Crippen LogP contribution in [0.4, 0.5) is 0 Å². The van der Waals surface area contributed by atoms with Crippen LogP contribution in [-0.2, 0) is 25.7 Å². The predicted molar refractivity (Wildman–Crippen MR) is 176 cm³/mol. The largest absolute Gasteiger partial charge is 0.317 e. The molecule has 2 atom stereocenters. The van der Waals surface area contributed by atoms with E-state index in [-0.39, 0.29) is 0 Å². The number of hydrogen-bond donors (Lipinski definition) is 1. The topological polar surface area (TPSA) is 12.0 Å². The van der Waals surface area contributed by atoms with Crippen LogP contribution in [0.5, 0.6) is 0 Å². The van der Waals surface area contributed by atoms with Crippen molar-refractivity contribution in [2.24, 2.45) is 17.8 Å². The second kappa shape index (κ2) is 13.8. The molecule has 1 saturated carbocycles. The summed E-state index contributed by atoms with van der Waals surface area (Å²) in [4.78, 5) is 0. The molecule has 1 heteroatoms. The lowest BCUT2D eigenvalue weighted by Crippen LogP contribution is -2.28. The second-order valence-corrected chi connectivity index (χ2v) is 12.6. The average molecular weight is 536 g/mol. The Bertz CT molecular complexity index is 1250. The summed E-state index contributed by atoms with van der Waals surface area (Å²) in [6.45, 7) is 28.6. The summed E-state index contributed by atoms with van der Waals surface area (Å²) in [5.74, 6) is 1.89. The summed E-state index contributed by atoms with van der Waals surface area (Å²) < 4.78 is 0. The van der Waals surface area contributed by atoms with Crippen molar-refractivity contribution in [3.8, 4) is 0 Å². The highest BCUT2D eigenvalue weighted by Crippen LogP contribution is 2.47. The molecular weight excluding hydrogens is 482 g/mol. The van der Waals surface area contributed by atoms with Crippen molar-refractivity contribution >= 4 is 5.57 Å². The molecule has 0 bridgehead atoms. The van der Waals surface area contributed by atoms with Gasteiger partial charge >= 0.3 is 0 Å². The normalized spacial score (nSPS) is 21.1. The van der Waals surface area contributed by atoms with Gasteiger partial charge in [-0.05, 0) is 153 Å². The number of benzene rings is 2. The molecule has 2 aliphatic carbocycles. The van der Waals surface area contributed by atoms with E-state index in [9.17, 15) is 0 Å². The predicted octanol–water partition coefficient (Wildman–Crippen LogP) is 9.70. The van der Waals surface area contributed by atoms with Gasteiger partial charge in [0.15, 0.2) is 0 Å². The zero-order valence-corrected chi connectivity index (χ0v) is 25.9. The van der Waals surface area contributed by atoms with E-state index in [1.54, 1.807) is 5.56 Å². The minimum atomic E-state index is 0.514. The molecule has 1 saturated heterocycles. The number of fused-ring (bicyclic) bond motifs is 1. The molecule has 1 heterocycles. The number of nitrogens with one attached hydrogen (secondary N) is 1. The van der Waals surface area contributed by atoms with Gasteiger partial charge in [0.05, 0.1) is 0 Å². The Morgan fingerprint density at radius 1 is 0.925 bits per heavy atom. The highest BCUT2D eigenvalue weighted by atomic mass is 14.9. The maximum Gasteiger partial charge on any atom is -0.00462 e. The Morgan fingerprint density at radius 3 is 2.40 bits per heavy atom. The molecule has 1 N–H and O–H groups in total.